The van der Waals surface area contributed by atoms with Gasteiger partial charge in [0.15, 0.2) is 6.10 Å². The second-order valence-electron chi connectivity index (χ2n) is 6.37. The third-order valence-corrected chi connectivity index (χ3v) is 6.24. The van der Waals surface area contributed by atoms with Gasteiger partial charge in [-0.1, -0.05) is 0 Å². The van der Waals surface area contributed by atoms with Gasteiger partial charge in [-0.05, 0) is 44.0 Å². The lowest BCUT2D eigenvalue weighted by Gasteiger charge is -2.18. The number of hydrogen-bond donors (Lipinski definition) is 1. The van der Waals surface area contributed by atoms with Crippen molar-refractivity contribution in [2.24, 2.45) is 0 Å². The third kappa shape index (κ3) is 4.63. The van der Waals surface area contributed by atoms with Crippen molar-refractivity contribution in [2.45, 2.75) is 30.8 Å². The zero-order valence-electron chi connectivity index (χ0n) is 15.4. The Balaban J connectivity index is 1.58. The number of carbonyl (C=O) groups is 2. The van der Waals surface area contributed by atoms with Crippen LogP contribution in [0.5, 0.6) is 0 Å². The van der Waals surface area contributed by atoms with Crippen molar-refractivity contribution in [3.8, 4) is 0 Å². The standard InChI is InChI=1S/C18H22N2O7S/c1-13(27-18(22)16-12-25-10-11-26-16)17(21)19-14-4-6-15(7-5-14)28(23,24)20-8-2-3-9-20/h4-7,12-13H,2-3,8-11H2,1H3,(H,19,21)/t13-/m1/s1. The molecule has 10 heteroatoms. The van der Waals surface area contributed by atoms with E-state index in [1.165, 1.54) is 35.5 Å². The minimum Gasteiger partial charge on any atom is -0.493 e. The van der Waals surface area contributed by atoms with E-state index in [1.807, 2.05) is 0 Å². The SMILES string of the molecule is C[C@@H](OC(=O)C1=COCCO1)C(=O)Nc1ccc(S(=O)(=O)N2CCCC2)cc1. The van der Waals surface area contributed by atoms with Crippen LogP contribution in [-0.4, -0.2) is 57.0 Å². The normalized spacial score (nSPS) is 18.4. The highest BCUT2D eigenvalue weighted by Crippen LogP contribution is 2.22. The molecule has 1 aromatic rings. The Hall–Kier alpha value is -2.59. The summed E-state index contributed by atoms with van der Waals surface area (Å²) in [5.41, 5.74) is 0.393. The van der Waals surface area contributed by atoms with Gasteiger partial charge in [0.2, 0.25) is 15.8 Å². The number of sulfonamides is 1. The van der Waals surface area contributed by atoms with Gasteiger partial charge in [-0.2, -0.15) is 4.31 Å². The number of hydrogen-bond acceptors (Lipinski definition) is 7. The lowest BCUT2D eigenvalue weighted by Crippen LogP contribution is -2.31. The minimum absolute atomic E-state index is 0.0950. The number of nitrogens with one attached hydrogen (secondary N) is 1. The summed E-state index contributed by atoms with van der Waals surface area (Å²) < 4.78 is 41.6. The Kier molecular flexibility index (Phi) is 6.20. The molecule has 9 nitrogen and oxygen atoms in total. The fraction of sp³-hybridized carbons (Fsp3) is 0.444. The molecule has 0 bridgehead atoms. The molecule has 0 aliphatic carbocycles. The smallest absolute Gasteiger partial charge is 0.377 e. The summed E-state index contributed by atoms with van der Waals surface area (Å²) in [5, 5.41) is 2.58. The van der Waals surface area contributed by atoms with Gasteiger partial charge in [-0.15, -0.1) is 0 Å². The van der Waals surface area contributed by atoms with Gasteiger partial charge < -0.3 is 19.5 Å². The van der Waals surface area contributed by atoms with Crippen LogP contribution in [0, 0.1) is 0 Å². The highest BCUT2D eigenvalue weighted by molar-refractivity contribution is 7.89. The maximum Gasteiger partial charge on any atom is 0.377 e. The first-order chi connectivity index (χ1) is 13.4. The zero-order chi connectivity index (χ0) is 20.1. The molecular weight excluding hydrogens is 388 g/mol. The second-order valence-corrected chi connectivity index (χ2v) is 8.31. The molecule has 152 valence electrons. The van der Waals surface area contributed by atoms with Crippen LogP contribution in [-0.2, 0) is 33.8 Å². The third-order valence-electron chi connectivity index (χ3n) is 4.33. The molecule has 0 spiro atoms. The Bertz CT molecular complexity index is 858. The number of benzene rings is 1. The highest BCUT2D eigenvalue weighted by atomic mass is 32.2. The Labute approximate surface area is 163 Å². The molecule has 0 radical (unpaired) electrons. The summed E-state index contributed by atoms with van der Waals surface area (Å²) in [6.45, 7) is 3.04. The van der Waals surface area contributed by atoms with Gasteiger partial charge in [-0.3, -0.25) is 4.79 Å². The van der Waals surface area contributed by atoms with Crippen molar-refractivity contribution in [1.82, 2.24) is 4.31 Å². The zero-order valence-corrected chi connectivity index (χ0v) is 16.2. The molecule has 1 atom stereocenters. The van der Waals surface area contributed by atoms with Gasteiger partial charge >= 0.3 is 5.97 Å². The lowest BCUT2D eigenvalue weighted by atomic mass is 10.3. The maximum atomic E-state index is 12.5. The predicted octanol–water partition coefficient (Wildman–Crippen LogP) is 1.23. The van der Waals surface area contributed by atoms with Crippen LogP contribution in [0.25, 0.3) is 0 Å². The van der Waals surface area contributed by atoms with Crippen LogP contribution in [0.2, 0.25) is 0 Å². The number of nitrogens with zero attached hydrogens (tertiary/aromatic N) is 1. The van der Waals surface area contributed by atoms with E-state index in [-0.39, 0.29) is 17.3 Å². The number of rotatable bonds is 6. The monoisotopic (exact) mass is 410 g/mol. The molecule has 2 aliphatic heterocycles. The molecule has 28 heavy (non-hydrogen) atoms. The lowest BCUT2D eigenvalue weighted by molar-refractivity contribution is -0.153. The maximum absolute atomic E-state index is 12.5. The molecular formula is C18H22N2O7S. The number of amides is 1. The van der Waals surface area contributed by atoms with E-state index in [9.17, 15) is 18.0 Å². The van der Waals surface area contributed by atoms with Crippen molar-refractivity contribution in [3.05, 3.63) is 36.3 Å². The van der Waals surface area contributed by atoms with E-state index in [2.05, 4.69) is 5.32 Å². The van der Waals surface area contributed by atoms with Gasteiger partial charge in [0.25, 0.3) is 5.91 Å². The molecule has 1 amide bonds. The molecule has 2 aliphatic rings. The molecule has 0 unspecified atom stereocenters. The molecule has 2 heterocycles. The van der Waals surface area contributed by atoms with Crippen LogP contribution >= 0.6 is 0 Å². The van der Waals surface area contributed by atoms with E-state index < -0.39 is 28.0 Å². The highest BCUT2D eigenvalue weighted by Gasteiger charge is 2.27. The summed E-state index contributed by atoms with van der Waals surface area (Å²) in [7, 11) is -3.51. The average Bonchev–Trinajstić information content (AvgIpc) is 3.25. The first kappa shape index (κ1) is 20.2. The fourth-order valence-electron chi connectivity index (χ4n) is 2.78. The van der Waals surface area contributed by atoms with Gasteiger partial charge in [0, 0.05) is 18.8 Å². The van der Waals surface area contributed by atoms with Crippen molar-refractivity contribution in [2.75, 3.05) is 31.6 Å². The first-order valence-electron chi connectivity index (χ1n) is 8.94. The summed E-state index contributed by atoms with van der Waals surface area (Å²) in [5.74, 6) is -1.45. The number of carbonyl (C=O) groups excluding carboxylic acids is 2. The van der Waals surface area contributed by atoms with E-state index in [4.69, 9.17) is 14.2 Å². The predicted molar refractivity (Wildman–Crippen MR) is 98.6 cm³/mol. The first-order valence-corrected chi connectivity index (χ1v) is 10.4. The average molecular weight is 410 g/mol. The Morgan fingerprint density at radius 3 is 2.43 bits per heavy atom. The summed E-state index contributed by atoms with van der Waals surface area (Å²) >= 11 is 0. The summed E-state index contributed by atoms with van der Waals surface area (Å²) in [6, 6.07) is 5.88. The molecule has 0 aromatic heterocycles. The Morgan fingerprint density at radius 2 is 1.82 bits per heavy atom. The molecule has 1 N–H and O–H groups in total. The van der Waals surface area contributed by atoms with Gasteiger partial charge in [0.05, 0.1) is 4.90 Å². The number of anilines is 1. The van der Waals surface area contributed by atoms with Crippen molar-refractivity contribution < 1.29 is 32.2 Å². The topological polar surface area (TPSA) is 111 Å². The van der Waals surface area contributed by atoms with Gasteiger partial charge in [-0.25, -0.2) is 13.2 Å². The molecule has 3 rings (SSSR count). The fourth-order valence-corrected chi connectivity index (χ4v) is 4.30. The minimum atomic E-state index is -3.51. The van der Waals surface area contributed by atoms with Crippen LogP contribution in [0.4, 0.5) is 5.69 Å². The quantitative estimate of drug-likeness (QED) is 0.702. The van der Waals surface area contributed by atoms with Crippen LogP contribution in [0.1, 0.15) is 19.8 Å². The van der Waals surface area contributed by atoms with E-state index in [0.29, 0.717) is 25.4 Å². The number of ether oxygens (including phenoxy) is 3. The molecule has 1 aromatic carbocycles. The second kappa shape index (κ2) is 8.61. The van der Waals surface area contributed by atoms with Gasteiger partial charge in [0.1, 0.15) is 19.5 Å². The summed E-state index contributed by atoms with van der Waals surface area (Å²) in [4.78, 5) is 24.3. The van der Waals surface area contributed by atoms with Crippen molar-refractivity contribution >= 4 is 27.6 Å². The van der Waals surface area contributed by atoms with Crippen molar-refractivity contribution in [1.29, 1.82) is 0 Å². The van der Waals surface area contributed by atoms with E-state index in [0.717, 1.165) is 19.1 Å². The van der Waals surface area contributed by atoms with Crippen LogP contribution in [0.3, 0.4) is 0 Å². The molecule has 0 saturated carbocycles. The van der Waals surface area contributed by atoms with Crippen LogP contribution in [0.15, 0.2) is 41.2 Å². The molecule has 1 fully saturated rings. The molecule has 1 saturated heterocycles. The van der Waals surface area contributed by atoms with E-state index >= 15 is 0 Å². The largest absolute Gasteiger partial charge is 0.493 e. The summed E-state index contributed by atoms with van der Waals surface area (Å²) in [6.07, 6.45) is 1.79. The van der Waals surface area contributed by atoms with Crippen LogP contribution < -0.4 is 5.32 Å². The number of esters is 1. The Morgan fingerprint density at radius 1 is 1.14 bits per heavy atom. The van der Waals surface area contributed by atoms with E-state index in [1.54, 1.807) is 0 Å². The van der Waals surface area contributed by atoms with Crippen molar-refractivity contribution in [3.63, 3.8) is 0 Å².